The molecular formula is C19H19NO2. The Kier molecular flexibility index (Phi) is 4.02. The van der Waals surface area contributed by atoms with Gasteiger partial charge in [-0.15, -0.1) is 12.3 Å². The monoisotopic (exact) mass is 293 g/mol. The largest absolute Gasteiger partial charge is 0.464 e. The van der Waals surface area contributed by atoms with Crippen LogP contribution in [0, 0.1) is 17.8 Å². The molecule has 3 rings (SSSR count). The molecule has 0 bridgehead atoms. The Labute approximate surface area is 130 Å². The second kappa shape index (κ2) is 6.11. The van der Waals surface area contributed by atoms with E-state index in [9.17, 15) is 4.79 Å². The molecule has 1 aliphatic rings. The Morgan fingerprint density at radius 1 is 1.27 bits per heavy atom. The lowest BCUT2D eigenvalue weighted by atomic mass is 9.66. The summed E-state index contributed by atoms with van der Waals surface area (Å²) in [6.45, 7) is 0.488. The van der Waals surface area contributed by atoms with Crippen molar-refractivity contribution < 1.29 is 9.21 Å². The molecule has 1 saturated carbocycles. The topological polar surface area (TPSA) is 42.2 Å². The van der Waals surface area contributed by atoms with Gasteiger partial charge in [0.1, 0.15) is 5.76 Å². The molecular weight excluding hydrogens is 274 g/mol. The highest BCUT2D eigenvalue weighted by Crippen LogP contribution is 2.44. The van der Waals surface area contributed by atoms with Crippen LogP contribution in [0.15, 0.2) is 47.1 Å². The number of carbonyl (C=O) groups excluding carboxylic acids is 1. The number of nitrogens with one attached hydrogen (secondary N) is 1. The van der Waals surface area contributed by atoms with E-state index < -0.39 is 0 Å². The van der Waals surface area contributed by atoms with Gasteiger partial charge in [0.2, 0.25) is 5.91 Å². The summed E-state index contributed by atoms with van der Waals surface area (Å²) in [4.78, 5) is 12.5. The number of furan rings is 1. The van der Waals surface area contributed by atoms with E-state index in [1.165, 1.54) is 0 Å². The van der Waals surface area contributed by atoms with Gasteiger partial charge in [-0.1, -0.05) is 30.7 Å². The molecule has 1 aromatic carbocycles. The molecule has 22 heavy (non-hydrogen) atoms. The van der Waals surface area contributed by atoms with Crippen LogP contribution >= 0.6 is 0 Å². The molecule has 3 heteroatoms. The normalized spacial score (nSPS) is 15.6. The molecule has 1 fully saturated rings. The van der Waals surface area contributed by atoms with Crippen LogP contribution in [0.5, 0.6) is 0 Å². The molecule has 2 aromatic rings. The predicted octanol–water partition coefficient (Wildman–Crippen LogP) is 3.76. The molecule has 1 aliphatic carbocycles. The highest BCUT2D eigenvalue weighted by molar-refractivity contribution is 5.84. The van der Waals surface area contributed by atoms with Crippen LogP contribution in [0.1, 0.15) is 31.2 Å². The van der Waals surface area contributed by atoms with Crippen LogP contribution in [0.2, 0.25) is 0 Å². The van der Waals surface area contributed by atoms with Crippen molar-refractivity contribution in [2.75, 3.05) is 0 Å². The first-order chi connectivity index (χ1) is 10.7. The summed E-state index contributed by atoms with van der Waals surface area (Å²) in [5, 5.41) is 3.05. The number of hydrogen-bond donors (Lipinski definition) is 1. The van der Waals surface area contributed by atoms with Gasteiger partial charge in [0.05, 0.1) is 11.7 Å². The van der Waals surface area contributed by atoms with E-state index in [1.807, 2.05) is 36.4 Å². The fraction of sp³-hybridized carbons (Fsp3) is 0.316. The van der Waals surface area contributed by atoms with Gasteiger partial charge >= 0.3 is 0 Å². The average Bonchev–Trinajstić information content (AvgIpc) is 3.03. The van der Waals surface area contributed by atoms with Gasteiger partial charge in [-0.05, 0) is 30.5 Å². The van der Waals surface area contributed by atoms with E-state index >= 15 is 0 Å². The van der Waals surface area contributed by atoms with E-state index in [1.54, 1.807) is 6.26 Å². The Morgan fingerprint density at radius 2 is 2.09 bits per heavy atom. The average molecular weight is 293 g/mol. The zero-order valence-electron chi connectivity index (χ0n) is 12.5. The summed E-state index contributed by atoms with van der Waals surface area (Å²) >= 11 is 0. The predicted molar refractivity (Wildman–Crippen MR) is 85.7 cm³/mol. The van der Waals surface area contributed by atoms with Gasteiger partial charge in [0, 0.05) is 18.5 Å². The number of amides is 1. The van der Waals surface area contributed by atoms with Crippen molar-refractivity contribution in [2.24, 2.45) is 5.41 Å². The lowest BCUT2D eigenvalue weighted by molar-refractivity contribution is -0.135. The highest BCUT2D eigenvalue weighted by Gasteiger charge is 2.43. The third-order valence-electron chi connectivity index (χ3n) is 4.48. The molecule has 1 amide bonds. The summed E-state index contributed by atoms with van der Waals surface area (Å²) in [6.07, 6.45) is 10.5. The fourth-order valence-electron chi connectivity index (χ4n) is 2.99. The molecule has 0 unspecified atom stereocenters. The van der Waals surface area contributed by atoms with Crippen LogP contribution in [-0.2, 0) is 11.3 Å². The molecule has 0 saturated heterocycles. The van der Waals surface area contributed by atoms with E-state index in [2.05, 4.69) is 11.2 Å². The van der Waals surface area contributed by atoms with Crippen molar-refractivity contribution >= 4 is 5.91 Å². The minimum Gasteiger partial charge on any atom is -0.464 e. The maximum absolute atomic E-state index is 12.5. The quantitative estimate of drug-likeness (QED) is 0.853. The Hall–Kier alpha value is -2.47. The Morgan fingerprint density at radius 3 is 2.73 bits per heavy atom. The third-order valence-corrected chi connectivity index (χ3v) is 4.48. The molecule has 112 valence electrons. The van der Waals surface area contributed by atoms with Crippen LogP contribution in [0.25, 0.3) is 11.3 Å². The molecule has 0 spiro atoms. The van der Waals surface area contributed by atoms with Crippen molar-refractivity contribution in [1.82, 2.24) is 5.32 Å². The number of benzene rings is 1. The van der Waals surface area contributed by atoms with Crippen LogP contribution in [0.4, 0.5) is 0 Å². The minimum absolute atomic E-state index is 0.0750. The summed E-state index contributed by atoms with van der Waals surface area (Å²) in [5.74, 6) is 3.53. The zero-order chi connectivity index (χ0) is 15.4. The summed E-state index contributed by atoms with van der Waals surface area (Å²) in [7, 11) is 0. The number of rotatable bonds is 5. The molecule has 0 aliphatic heterocycles. The molecule has 0 radical (unpaired) electrons. The number of terminal acetylenes is 1. The van der Waals surface area contributed by atoms with Crippen LogP contribution in [-0.4, -0.2) is 5.91 Å². The van der Waals surface area contributed by atoms with E-state index in [0.717, 1.165) is 36.1 Å². The van der Waals surface area contributed by atoms with E-state index in [-0.39, 0.29) is 11.3 Å². The van der Waals surface area contributed by atoms with Crippen molar-refractivity contribution in [3.05, 3.63) is 48.2 Å². The summed E-state index contributed by atoms with van der Waals surface area (Å²) in [6, 6.07) is 11.7. The van der Waals surface area contributed by atoms with Crippen molar-refractivity contribution in [3.8, 4) is 23.7 Å². The second-order valence-corrected chi connectivity index (χ2v) is 5.83. The van der Waals surface area contributed by atoms with Crippen LogP contribution < -0.4 is 5.32 Å². The molecule has 1 heterocycles. The molecule has 1 N–H and O–H groups in total. The number of hydrogen-bond acceptors (Lipinski definition) is 2. The van der Waals surface area contributed by atoms with Gasteiger partial charge in [-0.2, -0.15) is 0 Å². The molecule has 3 nitrogen and oxygen atoms in total. The number of carbonyl (C=O) groups is 1. The SMILES string of the molecule is C#CCC1(C(=O)NCc2ccccc2-c2ccco2)CCC1. The first-order valence-corrected chi connectivity index (χ1v) is 7.59. The molecule has 0 atom stereocenters. The lowest BCUT2D eigenvalue weighted by Gasteiger charge is -2.38. The van der Waals surface area contributed by atoms with Crippen molar-refractivity contribution in [1.29, 1.82) is 0 Å². The third kappa shape index (κ3) is 2.65. The Balaban J connectivity index is 1.72. The Bertz CT molecular complexity index is 690. The summed E-state index contributed by atoms with van der Waals surface area (Å²) < 4.78 is 5.47. The van der Waals surface area contributed by atoms with Gasteiger partial charge < -0.3 is 9.73 Å². The lowest BCUT2D eigenvalue weighted by Crippen LogP contribution is -2.45. The fourth-order valence-corrected chi connectivity index (χ4v) is 2.99. The van der Waals surface area contributed by atoms with Crippen molar-refractivity contribution in [2.45, 2.75) is 32.2 Å². The van der Waals surface area contributed by atoms with Gasteiger partial charge in [-0.25, -0.2) is 0 Å². The second-order valence-electron chi connectivity index (χ2n) is 5.83. The van der Waals surface area contributed by atoms with Crippen LogP contribution in [0.3, 0.4) is 0 Å². The minimum atomic E-state index is -0.339. The first kappa shape index (κ1) is 14.5. The zero-order valence-corrected chi connectivity index (χ0v) is 12.5. The molecule has 1 aromatic heterocycles. The van der Waals surface area contributed by atoms with Gasteiger partial charge in [-0.3, -0.25) is 4.79 Å². The van der Waals surface area contributed by atoms with Gasteiger partial charge in [0.25, 0.3) is 0 Å². The summed E-state index contributed by atoms with van der Waals surface area (Å²) in [5.41, 5.74) is 1.71. The van der Waals surface area contributed by atoms with E-state index in [0.29, 0.717) is 13.0 Å². The van der Waals surface area contributed by atoms with E-state index in [4.69, 9.17) is 10.8 Å². The maximum atomic E-state index is 12.5. The standard InChI is InChI=1S/C19H19NO2/c1-2-10-19(11-6-12-19)18(21)20-14-15-7-3-4-8-16(15)17-9-5-13-22-17/h1,3-5,7-9,13H,6,10-12,14H2,(H,20,21). The van der Waals surface area contributed by atoms with Crippen molar-refractivity contribution in [3.63, 3.8) is 0 Å². The van der Waals surface area contributed by atoms with Gasteiger partial charge in [0.15, 0.2) is 0 Å². The first-order valence-electron chi connectivity index (χ1n) is 7.59. The maximum Gasteiger partial charge on any atom is 0.227 e. The smallest absolute Gasteiger partial charge is 0.227 e. The highest BCUT2D eigenvalue weighted by atomic mass is 16.3.